The molecule has 0 saturated carbocycles. The molecule has 1 heterocycles. The predicted molar refractivity (Wildman–Crippen MR) is 77.3 cm³/mol. The molecule has 0 bridgehead atoms. The Balaban J connectivity index is 2.28. The van der Waals surface area contributed by atoms with E-state index in [1.807, 2.05) is 0 Å². The van der Waals surface area contributed by atoms with Gasteiger partial charge in [-0.1, -0.05) is 0 Å². The Morgan fingerprint density at radius 1 is 1.41 bits per heavy atom. The van der Waals surface area contributed by atoms with Gasteiger partial charge in [-0.3, -0.25) is 4.79 Å². The van der Waals surface area contributed by atoms with Crippen molar-refractivity contribution in [3.05, 3.63) is 35.9 Å². The number of hydrogen-bond acceptors (Lipinski definition) is 6. The molecule has 8 nitrogen and oxygen atoms in total. The van der Waals surface area contributed by atoms with E-state index < -0.39 is 12.0 Å². The summed E-state index contributed by atoms with van der Waals surface area (Å²) in [6.07, 6.45) is 2.29. The molecule has 0 aliphatic heterocycles. The number of carbonyl (C=O) groups is 2. The Kier molecular flexibility index (Phi) is 7.68. The molecule has 22 heavy (non-hydrogen) atoms. The summed E-state index contributed by atoms with van der Waals surface area (Å²) in [5.74, 6) is 0.0852. The second-order valence-corrected chi connectivity index (χ2v) is 4.03. The maximum absolute atomic E-state index is 11.8. The number of furan rings is 1. The maximum Gasteiger partial charge on any atom is 0.407 e. The van der Waals surface area contributed by atoms with E-state index in [0.717, 1.165) is 0 Å². The first-order valence-electron chi connectivity index (χ1n) is 6.72. The fraction of sp³-hybridized carbons (Fsp3) is 0.357. The van der Waals surface area contributed by atoms with Crippen LogP contribution in [0.3, 0.4) is 0 Å². The quantitative estimate of drug-likeness (QED) is 0.369. The maximum atomic E-state index is 11.8. The van der Waals surface area contributed by atoms with Gasteiger partial charge in [0.2, 0.25) is 0 Å². The zero-order valence-electron chi connectivity index (χ0n) is 12.2. The van der Waals surface area contributed by atoms with Gasteiger partial charge in [-0.15, -0.1) is 0 Å². The second kappa shape index (κ2) is 9.88. The number of hydrogen-bond donors (Lipinski definition) is 3. The number of alkyl carbamates (subject to hydrolysis) is 1. The molecular weight excluding hydrogens is 288 g/mol. The summed E-state index contributed by atoms with van der Waals surface area (Å²) >= 11 is 0. The first-order chi connectivity index (χ1) is 10.7. The van der Waals surface area contributed by atoms with Crippen LogP contribution in [0.5, 0.6) is 0 Å². The molecule has 2 amide bonds. The van der Waals surface area contributed by atoms with Crippen LogP contribution in [0.4, 0.5) is 4.79 Å². The molecule has 1 rings (SSSR count). The molecule has 0 spiro atoms. The van der Waals surface area contributed by atoms with Crippen LogP contribution in [0.2, 0.25) is 0 Å². The summed E-state index contributed by atoms with van der Waals surface area (Å²) in [5, 5.41) is 16.8. The Labute approximate surface area is 128 Å². The zero-order chi connectivity index (χ0) is 16.2. The third-order valence-corrected chi connectivity index (χ3v) is 2.43. The highest BCUT2D eigenvalue weighted by atomic mass is 16.5. The minimum Gasteiger partial charge on any atom is -0.467 e. The molecule has 1 aromatic heterocycles. The van der Waals surface area contributed by atoms with Crippen LogP contribution in [0.25, 0.3) is 0 Å². The van der Waals surface area contributed by atoms with Gasteiger partial charge in [0.15, 0.2) is 0 Å². The molecule has 0 radical (unpaired) electrons. The van der Waals surface area contributed by atoms with E-state index in [0.29, 0.717) is 25.5 Å². The van der Waals surface area contributed by atoms with Crippen molar-refractivity contribution in [2.45, 2.75) is 13.5 Å². The number of nitrogens with one attached hydrogen (secondary N) is 3. The van der Waals surface area contributed by atoms with Crippen LogP contribution in [-0.4, -0.2) is 31.7 Å². The van der Waals surface area contributed by atoms with Gasteiger partial charge >= 0.3 is 6.09 Å². The van der Waals surface area contributed by atoms with Gasteiger partial charge in [0.05, 0.1) is 19.4 Å². The van der Waals surface area contributed by atoms with E-state index in [1.54, 1.807) is 25.1 Å². The second-order valence-electron chi connectivity index (χ2n) is 4.03. The van der Waals surface area contributed by atoms with Gasteiger partial charge < -0.3 is 25.1 Å². The smallest absolute Gasteiger partial charge is 0.407 e. The van der Waals surface area contributed by atoms with Gasteiger partial charge in [0, 0.05) is 19.3 Å². The lowest BCUT2D eigenvalue weighted by molar-refractivity contribution is -0.117. The largest absolute Gasteiger partial charge is 0.467 e. The van der Waals surface area contributed by atoms with E-state index in [9.17, 15) is 9.59 Å². The average molecular weight is 306 g/mol. The van der Waals surface area contributed by atoms with Crippen LogP contribution in [0.1, 0.15) is 12.7 Å². The highest BCUT2D eigenvalue weighted by Gasteiger charge is 2.08. The SMILES string of the molecule is CCOC(=O)NCCN/C=C(/C#N)C(=O)NCc1ccco1. The number of ether oxygens (including phenoxy) is 1. The zero-order valence-corrected chi connectivity index (χ0v) is 12.2. The predicted octanol–water partition coefficient (Wildman–Crippen LogP) is 0.639. The van der Waals surface area contributed by atoms with Crippen LogP contribution in [0, 0.1) is 11.3 Å². The van der Waals surface area contributed by atoms with Crippen LogP contribution in [0.15, 0.2) is 34.6 Å². The van der Waals surface area contributed by atoms with E-state index in [1.165, 1.54) is 12.5 Å². The van der Waals surface area contributed by atoms with Crippen molar-refractivity contribution in [1.29, 1.82) is 5.26 Å². The van der Waals surface area contributed by atoms with Gasteiger partial charge in [-0.25, -0.2) is 4.79 Å². The molecule has 0 fully saturated rings. The normalized spacial score (nSPS) is 10.5. The van der Waals surface area contributed by atoms with Crippen molar-refractivity contribution in [3.63, 3.8) is 0 Å². The lowest BCUT2D eigenvalue weighted by Gasteiger charge is -2.06. The fourth-order valence-electron chi connectivity index (χ4n) is 1.42. The number of rotatable bonds is 8. The number of amides is 2. The van der Waals surface area contributed by atoms with E-state index in [-0.39, 0.29) is 12.1 Å². The van der Waals surface area contributed by atoms with Crippen molar-refractivity contribution in [2.75, 3.05) is 19.7 Å². The van der Waals surface area contributed by atoms with Crippen molar-refractivity contribution < 1.29 is 18.7 Å². The number of nitrogens with zero attached hydrogens (tertiary/aromatic N) is 1. The topological polar surface area (TPSA) is 116 Å². The summed E-state index contributed by atoms with van der Waals surface area (Å²) in [7, 11) is 0. The van der Waals surface area contributed by atoms with Crippen molar-refractivity contribution in [3.8, 4) is 6.07 Å². The van der Waals surface area contributed by atoms with Crippen molar-refractivity contribution >= 4 is 12.0 Å². The molecule has 0 unspecified atom stereocenters. The monoisotopic (exact) mass is 306 g/mol. The first kappa shape index (κ1) is 17.1. The summed E-state index contributed by atoms with van der Waals surface area (Å²) in [6, 6.07) is 5.22. The molecular formula is C14H18N4O4. The highest BCUT2D eigenvalue weighted by molar-refractivity contribution is 5.97. The lowest BCUT2D eigenvalue weighted by Crippen LogP contribution is -2.31. The fourth-order valence-corrected chi connectivity index (χ4v) is 1.42. The highest BCUT2D eigenvalue weighted by Crippen LogP contribution is 1.99. The minimum atomic E-state index is -0.509. The summed E-state index contributed by atoms with van der Waals surface area (Å²) in [6.45, 7) is 2.88. The summed E-state index contributed by atoms with van der Waals surface area (Å²) in [5.41, 5.74) is -0.0670. The van der Waals surface area contributed by atoms with Gasteiger partial charge in [0.1, 0.15) is 17.4 Å². The van der Waals surface area contributed by atoms with Crippen molar-refractivity contribution in [2.24, 2.45) is 0 Å². The van der Waals surface area contributed by atoms with Crippen LogP contribution in [-0.2, 0) is 16.1 Å². The van der Waals surface area contributed by atoms with E-state index in [4.69, 9.17) is 9.68 Å². The first-order valence-corrected chi connectivity index (χ1v) is 6.72. The third kappa shape index (κ3) is 6.47. The molecule has 0 aromatic carbocycles. The Morgan fingerprint density at radius 2 is 2.23 bits per heavy atom. The standard InChI is InChI=1S/C14H18N4O4/c1-2-21-14(20)17-6-5-16-9-11(8-15)13(19)18-10-12-4-3-7-22-12/h3-4,7,9,16H,2,5-6,10H2,1H3,(H,17,20)(H,18,19)/b11-9-. The van der Waals surface area contributed by atoms with Gasteiger partial charge in [-0.2, -0.15) is 5.26 Å². The van der Waals surface area contributed by atoms with E-state index in [2.05, 4.69) is 20.7 Å². The third-order valence-electron chi connectivity index (χ3n) is 2.43. The molecule has 1 aromatic rings. The van der Waals surface area contributed by atoms with E-state index >= 15 is 0 Å². The van der Waals surface area contributed by atoms with Gasteiger partial charge in [-0.05, 0) is 19.1 Å². The Bertz CT molecular complexity index is 546. The summed E-state index contributed by atoms with van der Waals surface area (Å²) in [4.78, 5) is 22.8. The molecule has 118 valence electrons. The Hall–Kier alpha value is -2.95. The molecule has 8 heteroatoms. The molecule has 0 aliphatic rings. The van der Waals surface area contributed by atoms with Gasteiger partial charge in [0.25, 0.3) is 5.91 Å². The average Bonchev–Trinajstić information content (AvgIpc) is 3.02. The van der Waals surface area contributed by atoms with Crippen molar-refractivity contribution in [1.82, 2.24) is 16.0 Å². The summed E-state index contributed by atoms with van der Waals surface area (Å²) < 4.78 is 9.75. The van der Waals surface area contributed by atoms with Crippen LogP contribution < -0.4 is 16.0 Å². The molecule has 0 atom stereocenters. The number of carbonyl (C=O) groups excluding carboxylic acids is 2. The molecule has 3 N–H and O–H groups in total. The molecule has 0 aliphatic carbocycles. The minimum absolute atomic E-state index is 0.0670. The molecule has 0 saturated heterocycles. The lowest BCUT2D eigenvalue weighted by atomic mass is 10.3. The van der Waals surface area contributed by atoms with Crippen LogP contribution >= 0.6 is 0 Å². The Morgan fingerprint density at radius 3 is 2.86 bits per heavy atom. The number of nitriles is 1.